The van der Waals surface area contributed by atoms with E-state index in [0.29, 0.717) is 10.7 Å². The lowest BCUT2D eigenvalue weighted by atomic mass is 9.94. The molecular weight excluding hydrogens is 392 g/mol. The molecule has 154 valence electrons. The van der Waals surface area contributed by atoms with E-state index in [1.54, 1.807) is 30.3 Å². The van der Waals surface area contributed by atoms with Crippen LogP contribution in [0.4, 0.5) is 10.5 Å². The van der Waals surface area contributed by atoms with Crippen molar-refractivity contribution in [2.24, 2.45) is 16.1 Å². The minimum Gasteiger partial charge on any atom is -0.481 e. The highest BCUT2D eigenvalue weighted by Gasteiger charge is 2.29. The Morgan fingerprint density at radius 2 is 1.86 bits per heavy atom. The maximum atomic E-state index is 12.8. The number of rotatable bonds is 6. The summed E-state index contributed by atoms with van der Waals surface area (Å²) in [5.74, 6) is -1.01. The molecule has 0 radical (unpaired) electrons. The van der Waals surface area contributed by atoms with Crippen molar-refractivity contribution in [1.82, 2.24) is 10.2 Å². The van der Waals surface area contributed by atoms with Crippen LogP contribution in [0.5, 0.6) is 0 Å². The van der Waals surface area contributed by atoms with Crippen LogP contribution in [0.1, 0.15) is 25.0 Å². The maximum Gasteiger partial charge on any atom is 0.324 e. The summed E-state index contributed by atoms with van der Waals surface area (Å²) in [5.41, 5.74) is 7.45. The molecule has 0 unspecified atom stereocenters. The summed E-state index contributed by atoms with van der Waals surface area (Å²) in [5, 5.41) is 12.5. The number of hydrogen-bond acceptors (Lipinski definition) is 3. The van der Waals surface area contributed by atoms with Crippen molar-refractivity contribution in [2.75, 3.05) is 6.54 Å². The standard InChI is InChI=1S/C21H25ClN4O3/c1-14-5-4-6-17(11-14)25-19(23)26(12-15-7-9-16(22)10-8-15)20(29)24-13-21(2,3)18(27)28/h4-11H,12-13H2,1-3H3,(H2,23,25)(H,24,29)(H,27,28). The number of carboxylic acid groups (broad SMARTS) is 1. The van der Waals surface area contributed by atoms with Gasteiger partial charge in [-0.2, -0.15) is 0 Å². The zero-order valence-corrected chi connectivity index (χ0v) is 17.4. The number of benzene rings is 2. The van der Waals surface area contributed by atoms with Crippen LogP contribution in [0.25, 0.3) is 0 Å². The van der Waals surface area contributed by atoms with Gasteiger partial charge in [0, 0.05) is 11.6 Å². The number of nitrogens with one attached hydrogen (secondary N) is 1. The summed E-state index contributed by atoms with van der Waals surface area (Å²) in [6.45, 7) is 5.09. The molecule has 2 aromatic rings. The molecule has 0 heterocycles. The van der Waals surface area contributed by atoms with E-state index in [-0.39, 0.29) is 19.0 Å². The van der Waals surface area contributed by atoms with Crippen molar-refractivity contribution < 1.29 is 14.7 Å². The van der Waals surface area contributed by atoms with Gasteiger partial charge < -0.3 is 16.2 Å². The molecule has 0 aliphatic rings. The number of carbonyl (C=O) groups excluding carboxylic acids is 1. The SMILES string of the molecule is Cc1cccc(N=C(N)N(Cc2ccc(Cl)cc2)C(=O)NCC(C)(C)C(=O)O)c1. The molecular formula is C21H25ClN4O3. The van der Waals surface area contributed by atoms with E-state index in [2.05, 4.69) is 10.3 Å². The third-order valence-corrected chi connectivity index (χ3v) is 4.53. The minimum absolute atomic E-state index is 0.00354. The number of urea groups is 1. The van der Waals surface area contributed by atoms with E-state index >= 15 is 0 Å². The molecule has 2 rings (SSSR count). The van der Waals surface area contributed by atoms with Crippen LogP contribution in [0.15, 0.2) is 53.5 Å². The molecule has 0 spiro atoms. The summed E-state index contributed by atoms with van der Waals surface area (Å²) in [6.07, 6.45) is 0. The third-order valence-electron chi connectivity index (χ3n) is 4.28. The molecule has 0 aliphatic carbocycles. The Hall–Kier alpha value is -3.06. The fourth-order valence-corrected chi connectivity index (χ4v) is 2.51. The molecule has 7 nitrogen and oxygen atoms in total. The smallest absolute Gasteiger partial charge is 0.324 e. The predicted molar refractivity (Wildman–Crippen MR) is 114 cm³/mol. The van der Waals surface area contributed by atoms with Gasteiger partial charge >= 0.3 is 12.0 Å². The lowest BCUT2D eigenvalue weighted by Crippen LogP contribution is -2.49. The van der Waals surface area contributed by atoms with Crippen LogP contribution < -0.4 is 11.1 Å². The van der Waals surface area contributed by atoms with Crippen LogP contribution in [-0.4, -0.2) is 34.5 Å². The molecule has 29 heavy (non-hydrogen) atoms. The van der Waals surface area contributed by atoms with Gasteiger partial charge in [0.25, 0.3) is 0 Å². The number of guanidine groups is 1. The van der Waals surface area contributed by atoms with Gasteiger partial charge in [-0.15, -0.1) is 0 Å². The van der Waals surface area contributed by atoms with Crippen LogP contribution >= 0.6 is 11.6 Å². The number of carboxylic acids is 1. The van der Waals surface area contributed by atoms with Gasteiger partial charge in [0.05, 0.1) is 17.6 Å². The van der Waals surface area contributed by atoms with Crippen molar-refractivity contribution in [3.05, 3.63) is 64.7 Å². The Morgan fingerprint density at radius 1 is 1.21 bits per heavy atom. The molecule has 0 atom stereocenters. The zero-order valence-electron chi connectivity index (χ0n) is 16.6. The van der Waals surface area contributed by atoms with E-state index < -0.39 is 17.4 Å². The van der Waals surface area contributed by atoms with Crippen molar-refractivity contribution in [3.63, 3.8) is 0 Å². The van der Waals surface area contributed by atoms with Gasteiger partial charge in [0.15, 0.2) is 0 Å². The lowest BCUT2D eigenvalue weighted by Gasteiger charge is -2.25. The number of aliphatic imine (C=N–C) groups is 1. The summed E-state index contributed by atoms with van der Waals surface area (Å²) in [7, 11) is 0. The first-order chi connectivity index (χ1) is 13.6. The summed E-state index contributed by atoms with van der Waals surface area (Å²) < 4.78 is 0. The van der Waals surface area contributed by atoms with Crippen molar-refractivity contribution in [3.8, 4) is 0 Å². The second-order valence-electron chi connectivity index (χ2n) is 7.37. The van der Waals surface area contributed by atoms with Gasteiger partial charge in [-0.05, 0) is 56.2 Å². The number of hydrogen-bond donors (Lipinski definition) is 3. The van der Waals surface area contributed by atoms with Crippen molar-refractivity contribution >= 4 is 35.2 Å². The number of amides is 2. The second kappa shape index (κ2) is 9.43. The van der Waals surface area contributed by atoms with Crippen LogP contribution in [-0.2, 0) is 11.3 Å². The van der Waals surface area contributed by atoms with Gasteiger partial charge in [-0.25, -0.2) is 9.79 Å². The molecule has 0 bridgehead atoms. The first-order valence-corrected chi connectivity index (χ1v) is 9.40. The first kappa shape index (κ1) is 22.2. The molecule has 2 aromatic carbocycles. The average Bonchev–Trinajstić information content (AvgIpc) is 2.65. The summed E-state index contributed by atoms with van der Waals surface area (Å²) >= 11 is 5.93. The Balaban J connectivity index is 2.27. The summed E-state index contributed by atoms with van der Waals surface area (Å²) in [6, 6.07) is 13.9. The van der Waals surface area contributed by atoms with E-state index in [1.807, 2.05) is 25.1 Å². The van der Waals surface area contributed by atoms with Crippen molar-refractivity contribution in [2.45, 2.75) is 27.3 Å². The minimum atomic E-state index is -1.12. The second-order valence-corrected chi connectivity index (χ2v) is 7.81. The average molecular weight is 417 g/mol. The lowest BCUT2D eigenvalue weighted by molar-refractivity contribution is -0.146. The molecule has 0 aliphatic heterocycles. The number of nitrogens with two attached hydrogens (primary N) is 1. The van der Waals surface area contributed by atoms with E-state index in [4.69, 9.17) is 17.3 Å². The molecule has 2 amide bonds. The highest BCUT2D eigenvalue weighted by Crippen LogP contribution is 2.17. The quantitative estimate of drug-likeness (QED) is 0.489. The van der Waals surface area contributed by atoms with Gasteiger partial charge in [0.1, 0.15) is 0 Å². The summed E-state index contributed by atoms with van der Waals surface area (Å²) in [4.78, 5) is 29.7. The van der Waals surface area contributed by atoms with Gasteiger partial charge in [-0.1, -0.05) is 35.9 Å². The predicted octanol–water partition coefficient (Wildman–Crippen LogP) is 3.92. The molecule has 0 saturated carbocycles. The topological polar surface area (TPSA) is 108 Å². The van der Waals surface area contributed by atoms with Gasteiger partial charge in [-0.3, -0.25) is 9.69 Å². The molecule has 4 N–H and O–H groups in total. The highest BCUT2D eigenvalue weighted by atomic mass is 35.5. The maximum absolute atomic E-state index is 12.8. The van der Waals surface area contributed by atoms with E-state index in [0.717, 1.165) is 11.1 Å². The van der Waals surface area contributed by atoms with Crippen LogP contribution in [0.2, 0.25) is 5.02 Å². The van der Waals surface area contributed by atoms with E-state index in [1.165, 1.54) is 18.7 Å². The number of aryl methyl sites for hydroxylation is 1. The Bertz CT molecular complexity index is 910. The number of carbonyl (C=O) groups is 2. The molecule has 8 heteroatoms. The Labute approximate surface area is 175 Å². The first-order valence-electron chi connectivity index (χ1n) is 9.02. The number of halogens is 1. The van der Waals surface area contributed by atoms with Gasteiger partial charge in [0.2, 0.25) is 5.96 Å². The zero-order chi connectivity index (χ0) is 21.6. The molecule has 0 saturated heterocycles. The monoisotopic (exact) mass is 416 g/mol. The van der Waals surface area contributed by atoms with Crippen molar-refractivity contribution in [1.29, 1.82) is 0 Å². The Morgan fingerprint density at radius 3 is 2.45 bits per heavy atom. The van der Waals surface area contributed by atoms with E-state index in [9.17, 15) is 14.7 Å². The Kier molecular flexibility index (Phi) is 7.23. The van der Waals surface area contributed by atoms with Crippen LogP contribution in [0.3, 0.4) is 0 Å². The highest BCUT2D eigenvalue weighted by molar-refractivity contribution is 6.30. The number of nitrogens with zero attached hydrogens (tertiary/aromatic N) is 2. The third kappa shape index (κ3) is 6.50. The van der Waals surface area contributed by atoms with Crippen LogP contribution in [0, 0.1) is 12.3 Å². The molecule has 0 fully saturated rings. The largest absolute Gasteiger partial charge is 0.481 e. The normalized spacial score (nSPS) is 11.8. The fourth-order valence-electron chi connectivity index (χ4n) is 2.39. The molecule has 0 aromatic heterocycles. The number of aliphatic carboxylic acids is 1. The fraction of sp³-hybridized carbons (Fsp3) is 0.286.